The molecule has 3 aliphatic rings. The molecule has 0 aromatic heterocycles. The van der Waals surface area contributed by atoms with E-state index in [4.69, 9.17) is 4.74 Å². The molecule has 0 aliphatic carbocycles. The van der Waals surface area contributed by atoms with Gasteiger partial charge in [0.05, 0.1) is 11.1 Å². The summed E-state index contributed by atoms with van der Waals surface area (Å²) in [6, 6.07) is 4.28. The highest BCUT2D eigenvalue weighted by molar-refractivity contribution is 8.77. The van der Waals surface area contributed by atoms with Crippen molar-refractivity contribution in [2.45, 2.75) is 75.5 Å². The third kappa shape index (κ3) is 3.59. The van der Waals surface area contributed by atoms with Crippen LogP contribution in [0.1, 0.15) is 57.2 Å². The molecule has 5 nitrogen and oxygen atoms in total. The van der Waals surface area contributed by atoms with Crippen LogP contribution in [0.5, 0.6) is 5.75 Å². The maximum atomic E-state index is 10.7. The number of nitrogens with zero attached hydrogens (tertiary/aromatic N) is 1. The van der Waals surface area contributed by atoms with Gasteiger partial charge in [-0.25, -0.2) is 0 Å². The summed E-state index contributed by atoms with van der Waals surface area (Å²) in [5.41, 5.74) is 2.54. The number of benzene rings is 1. The van der Waals surface area contributed by atoms with E-state index in [1.807, 2.05) is 35.4 Å². The van der Waals surface area contributed by atoms with Gasteiger partial charge in [-0.1, -0.05) is 21.6 Å². The first kappa shape index (κ1) is 20.8. The number of hydrogen-bond donors (Lipinski definition) is 3. The zero-order valence-corrected chi connectivity index (χ0v) is 18.8. The summed E-state index contributed by atoms with van der Waals surface area (Å²) in [6.07, 6.45) is 2.24. The van der Waals surface area contributed by atoms with Crippen LogP contribution < -0.4 is 10.1 Å². The van der Waals surface area contributed by atoms with Crippen LogP contribution in [-0.2, 0) is 17.5 Å². The fraction of sp³-hybridized carbons (Fsp3) is 0.714. The topological polar surface area (TPSA) is 65.0 Å². The normalized spacial score (nSPS) is 29.2. The lowest BCUT2D eigenvalue weighted by Crippen LogP contribution is -2.42. The van der Waals surface area contributed by atoms with Crippen molar-refractivity contribution in [3.8, 4) is 5.75 Å². The van der Waals surface area contributed by atoms with E-state index in [9.17, 15) is 10.3 Å². The van der Waals surface area contributed by atoms with Gasteiger partial charge in [0.15, 0.2) is 0 Å². The number of aliphatic hydroxyl groups excluding tert-OH is 1. The molecule has 3 aliphatic heterocycles. The first-order chi connectivity index (χ1) is 13.2. The van der Waals surface area contributed by atoms with Gasteiger partial charge in [-0.05, 0) is 75.8 Å². The third-order valence-corrected chi connectivity index (χ3v) is 9.37. The summed E-state index contributed by atoms with van der Waals surface area (Å²) in [5.74, 6) is 2.08. The summed E-state index contributed by atoms with van der Waals surface area (Å²) < 4.78 is 6.24. The Kier molecular flexibility index (Phi) is 5.70. The van der Waals surface area contributed by atoms with E-state index in [0.717, 1.165) is 36.3 Å². The Bertz CT molecular complexity index is 735. The Morgan fingerprint density at radius 1 is 1.21 bits per heavy atom. The number of aryl methyl sites for hydroxylation is 1. The smallest absolute Gasteiger partial charge is 0.126 e. The average molecular weight is 425 g/mol. The summed E-state index contributed by atoms with van der Waals surface area (Å²) in [7, 11) is 3.89. The van der Waals surface area contributed by atoms with Crippen LogP contribution in [0.15, 0.2) is 12.1 Å². The van der Waals surface area contributed by atoms with Gasteiger partial charge in [-0.15, -0.1) is 0 Å². The molecule has 0 spiro atoms. The lowest BCUT2D eigenvalue weighted by Gasteiger charge is -2.34. The van der Waals surface area contributed by atoms with Gasteiger partial charge in [0.2, 0.25) is 0 Å². The zero-order valence-electron chi connectivity index (χ0n) is 17.2. The minimum Gasteiger partial charge on any atom is -0.487 e. The summed E-state index contributed by atoms with van der Waals surface area (Å²) in [4.78, 5) is 0. The van der Waals surface area contributed by atoms with Crippen LogP contribution in [-0.4, -0.2) is 51.7 Å². The lowest BCUT2D eigenvalue weighted by molar-refractivity contribution is -0.216. The molecule has 3 N–H and O–H groups in total. The van der Waals surface area contributed by atoms with Crippen LogP contribution in [0.3, 0.4) is 0 Å². The maximum absolute atomic E-state index is 10.7. The van der Waals surface area contributed by atoms with E-state index in [1.165, 1.54) is 22.8 Å². The van der Waals surface area contributed by atoms with Crippen molar-refractivity contribution >= 4 is 21.6 Å². The fourth-order valence-electron chi connectivity index (χ4n) is 4.69. The van der Waals surface area contributed by atoms with Gasteiger partial charge < -0.3 is 20.4 Å². The van der Waals surface area contributed by atoms with Crippen molar-refractivity contribution in [1.82, 2.24) is 10.4 Å². The largest absolute Gasteiger partial charge is 0.487 e. The standard InChI is InChI=1S/C21H32N2O3S2/c1-20(2)15-9-13-5-6-18(17(24)12-22-11-14-7-8-27-28-14)26-19(13)10-16(15)21(3,4)23(20)25/h9-10,14,17-18,22,24-25H,5-8,11-12H2,1-4H3. The molecule has 3 unspecified atom stereocenters. The van der Waals surface area contributed by atoms with Crippen molar-refractivity contribution in [3.63, 3.8) is 0 Å². The molecular weight excluding hydrogens is 392 g/mol. The summed E-state index contributed by atoms with van der Waals surface area (Å²) >= 11 is 0. The van der Waals surface area contributed by atoms with E-state index in [1.54, 1.807) is 0 Å². The number of aliphatic hydroxyl groups is 1. The van der Waals surface area contributed by atoms with Gasteiger partial charge in [0.1, 0.15) is 18.0 Å². The van der Waals surface area contributed by atoms with Crippen LogP contribution in [0.25, 0.3) is 0 Å². The molecule has 7 heteroatoms. The minimum absolute atomic E-state index is 0.189. The molecule has 4 rings (SSSR count). The molecule has 1 aromatic carbocycles. The Balaban J connectivity index is 1.45. The molecule has 0 radical (unpaired) electrons. The molecule has 3 atom stereocenters. The van der Waals surface area contributed by atoms with E-state index in [2.05, 4.69) is 31.3 Å². The highest BCUT2D eigenvalue weighted by atomic mass is 33.1. The van der Waals surface area contributed by atoms with Gasteiger partial charge in [-0.2, -0.15) is 5.06 Å². The summed E-state index contributed by atoms with van der Waals surface area (Å²) in [5, 5.41) is 26.9. The highest BCUT2D eigenvalue weighted by Gasteiger charge is 2.49. The minimum atomic E-state index is -0.515. The second-order valence-corrected chi connectivity index (χ2v) is 12.0. The van der Waals surface area contributed by atoms with Crippen molar-refractivity contribution in [3.05, 3.63) is 28.8 Å². The van der Waals surface area contributed by atoms with Crippen molar-refractivity contribution < 1.29 is 15.1 Å². The third-order valence-electron chi connectivity index (χ3n) is 6.44. The number of hydroxylamine groups is 2. The zero-order chi connectivity index (χ0) is 20.1. The maximum Gasteiger partial charge on any atom is 0.126 e. The van der Waals surface area contributed by atoms with Crippen LogP contribution in [0, 0.1) is 0 Å². The molecule has 156 valence electrons. The van der Waals surface area contributed by atoms with Crippen molar-refractivity contribution in [2.75, 3.05) is 18.8 Å². The molecule has 0 amide bonds. The lowest BCUT2D eigenvalue weighted by atomic mass is 9.86. The monoisotopic (exact) mass is 424 g/mol. The summed E-state index contributed by atoms with van der Waals surface area (Å²) in [6.45, 7) is 9.68. The van der Waals surface area contributed by atoms with E-state index in [-0.39, 0.29) is 6.10 Å². The molecule has 1 aromatic rings. The van der Waals surface area contributed by atoms with Gasteiger partial charge >= 0.3 is 0 Å². The first-order valence-corrected chi connectivity index (χ1v) is 12.6. The number of ether oxygens (including phenoxy) is 1. The predicted molar refractivity (Wildman–Crippen MR) is 116 cm³/mol. The Morgan fingerprint density at radius 3 is 2.61 bits per heavy atom. The van der Waals surface area contributed by atoms with Crippen molar-refractivity contribution in [1.29, 1.82) is 0 Å². The fourth-order valence-corrected chi connectivity index (χ4v) is 7.56. The number of hydrogen-bond acceptors (Lipinski definition) is 7. The average Bonchev–Trinajstić information content (AvgIpc) is 3.22. The van der Waals surface area contributed by atoms with E-state index in [0.29, 0.717) is 11.8 Å². The van der Waals surface area contributed by atoms with Crippen molar-refractivity contribution in [2.24, 2.45) is 0 Å². The van der Waals surface area contributed by atoms with E-state index < -0.39 is 17.2 Å². The van der Waals surface area contributed by atoms with Crippen LogP contribution >= 0.6 is 21.6 Å². The van der Waals surface area contributed by atoms with Gasteiger partial charge in [-0.3, -0.25) is 0 Å². The van der Waals surface area contributed by atoms with Gasteiger partial charge in [0.25, 0.3) is 0 Å². The molecule has 1 saturated heterocycles. The second kappa shape index (κ2) is 7.67. The predicted octanol–water partition coefficient (Wildman–Crippen LogP) is 3.66. The second-order valence-electron chi connectivity index (χ2n) is 9.18. The Hall–Kier alpha value is -0.440. The molecule has 1 fully saturated rings. The Labute approximate surface area is 175 Å². The number of rotatable bonds is 5. The Morgan fingerprint density at radius 2 is 1.93 bits per heavy atom. The quantitative estimate of drug-likeness (QED) is 0.624. The SMILES string of the molecule is CC1(C)c2cc3c(cc2C(C)(C)N1O)OC(C(O)CNCC1CCSS1)CC3. The molecule has 28 heavy (non-hydrogen) atoms. The van der Waals surface area contributed by atoms with Gasteiger partial charge in [0, 0.05) is 24.1 Å². The number of fused-ring (bicyclic) bond motifs is 2. The molecule has 3 heterocycles. The molecule has 0 saturated carbocycles. The van der Waals surface area contributed by atoms with Crippen LogP contribution in [0.2, 0.25) is 0 Å². The first-order valence-electron chi connectivity index (χ1n) is 10.2. The van der Waals surface area contributed by atoms with E-state index >= 15 is 0 Å². The van der Waals surface area contributed by atoms with Crippen LogP contribution in [0.4, 0.5) is 0 Å². The molecular formula is C21H32N2O3S2. The number of nitrogens with one attached hydrogen (secondary N) is 1. The highest BCUT2D eigenvalue weighted by Crippen LogP contribution is 2.50. The molecule has 0 bridgehead atoms.